The summed E-state index contributed by atoms with van der Waals surface area (Å²) >= 11 is 0. The lowest BCUT2D eigenvalue weighted by Gasteiger charge is -2.10. The largest absolute Gasteiger partial charge is 0.457 e. The van der Waals surface area contributed by atoms with E-state index in [1.54, 1.807) is 0 Å². The van der Waals surface area contributed by atoms with Gasteiger partial charge in [0.1, 0.15) is 5.92 Å². The molecule has 0 aromatic carbocycles. The Balaban J connectivity index is 2.68. The summed E-state index contributed by atoms with van der Waals surface area (Å²) in [6, 6.07) is 0. The molecule has 3 nitrogen and oxygen atoms in total. The third-order valence-corrected chi connectivity index (χ3v) is 2.17. The number of ether oxygens (including phenoxy) is 1. The van der Waals surface area contributed by atoms with Gasteiger partial charge in [0.05, 0.1) is 0 Å². The maximum absolute atomic E-state index is 11.0. The van der Waals surface area contributed by atoms with Crippen LogP contribution >= 0.6 is 0 Å². The van der Waals surface area contributed by atoms with E-state index in [0.29, 0.717) is 0 Å². The zero-order chi connectivity index (χ0) is 8.43. The Labute approximate surface area is 65.7 Å². The predicted octanol–water partition coefficient (Wildman–Crippen LogP) is 0.775. The summed E-state index contributed by atoms with van der Waals surface area (Å²) in [5.41, 5.74) is 0. The molecule has 1 aliphatic heterocycles. The third-order valence-electron chi connectivity index (χ3n) is 2.17. The average Bonchev–Trinajstić information content (AvgIpc) is 2.30. The number of hydrogen-bond donors (Lipinski definition) is 0. The van der Waals surface area contributed by atoms with Gasteiger partial charge in [-0.15, -0.1) is 0 Å². The van der Waals surface area contributed by atoms with Crippen LogP contribution in [0.5, 0.6) is 0 Å². The van der Waals surface area contributed by atoms with Crippen molar-refractivity contribution in [3.63, 3.8) is 0 Å². The number of hydrogen-bond acceptors (Lipinski definition) is 3. The zero-order valence-corrected chi connectivity index (χ0v) is 6.79. The summed E-state index contributed by atoms with van der Waals surface area (Å²) in [6.07, 6.45) is 0.839. The summed E-state index contributed by atoms with van der Waals surface area (Å²) < 4.78 is 4.61. The summed E-state index contributed by atoms with van der Waals surface area (Å²) in [5.74, 6) is -0.772. The van der Waals surface area contributed by atoms with Gasteiger partial charge in [0.2, 0.25) is 0 Å². The Kier molecular flexibility index (Phi) is 2.27. The standard InChI is InChI=1S/C8H12O3/c1-3-5(2)7-6(9)4-11-8(7)10/h5,7H,3-4H2,1-2H3. The molecule has 0 saturated carbocycles. The Bertz CT molecular complexity index is 170. The van der Waals surface area contributed by atoms with Crippen LogP contribution < -0.4 is 0 Å². The van der Waals surface area contributed by atoms with Crippen molar-refractivity contribution in [2.75, 3.05) is 6.61 Å². The fraction of sp³-hybridized carbons (Fsp3) is 0.750. The molecule has 1 saturated heterocycles. The fourth-order valence-corrected chi connectivity index (χ4v) is 1.24. The van der Waals surface area contributed by atoms with E-state index in [0.717, 1.165) is 6.42 Å². The van der Waals surface area contributed by atoms with Crippen molar-refractivity contribution in [1.82, 2.24) is 0 Å². The monoisotopic (exact) mass is 156 g/mol. The molecule has 0 N–H and O–H groups in total. The van der Waals surface area contributed by atoms with Crippen molar-refractivity contribution in [1.29, 1.82) is 0 Å². The highest BCUT2D eigenvalue weighted by atomic mass is 16.5. The van der Waals surface area contributed by atoms with Crippen molar-refractivity contribution >= 4 is 11.8 Å². The second-order valence-electron chi connectivity index (χ2n) is 2.94. The highest BCUT2D eigenvalue weighted by Gasteiger charge is 2.38. The number of ketones is 1. The summed E-state index contributed by atoms with van der Waals surface area (Å²) in [7, 11) is 0. The second kappa shape index (κ2) is 3.03. The molecule has 0 aromatic rings. The van der Waals surface area contributed by atoms with Gasteiger partial charge in [0, 0.05) is 0 Å². The number of esters is 1. The van der Waals surface area contributed by atoms with Crippen LogP contribution in [0.3, 0.4) is 0 Å². The van der Waals surface area contributed by atoms with Crippen LogP contribution in [0, 0.1) is 11.8 Å². The summed E-state index contributed by atoms with van der Waals surface area (Å²) in [4.78, 5) is 22.0. The molecular weight excluding hydrogens is 144 g/mol. The minimum Gasteiger partial charge on any atom is -0.457 e. The van der Waals surface area contributed by atoms with E-state index >= 15 is 0 Å². The van der Waals surface area contributed by atoms with Crippen LogP contribution in [0.4, 0.5) is 0 Å². The molecule has 3 heteroatoms. The minimum absolute atomic E-state index is 0.0200. The maximum Gasteiger partial charge on any atom is 0.317 e. The van der Waals surface area contributed by atoms with Crippen molar-refractivity contribution in [2.45, 2.75) is 20.3 Å². The highest BCUT2D eigenvalue weighted by molar-refractivity contribution is 6.04. The Morgan fingerprint density at radius 3 is 2.64 bits per heavy atom. The van der Waals surface area contributed by atoms with Gasteiger partial charge in [0.25, 0.3) is 0 Å². The van der Waals surface area contributed by atoms with E-state index in [1.165, 1.54) is 0 Å². The van der Waals surface area contributed by atoms with Gasteiger partial charge < -0.3 is 4.74 Å². The molecule has 2 unspecified atom stereocenters. The van der Waals surface area contributed by atoms with E-state index in [2.05, 4.69) is 4.74 Å². The first-order valence-corrected chi connectivity index (χ1v) is 3.86. The van der Waals surface area contributed by atoms with Gasteiger partial charge in [-0.2, -0.15) is 0 Å². The number of Topliss-reactive ketones (excluding diaryl/α,β-unsaturated/α-hetero) is 1. The molecule has 2 atom stereocenters. The Morgan fingerprint density at radius 1 is 1.64 bits per heavy atom. The van der Waals surface area contributed by atoms with E-state index in [1.807, 2.05) is 13.8 Å². The smallest absolute Gasteiger partial charge is 0.317 e. The molecule has 0 radical (unpaired) electrons. The topological polar surface area (TPSA) is 43.4 Å². The van der Waals surface area contributed by atoms with Gasteiger partial charge in [-0.3, -0.25) is 9.59 Å². The van der Waals surface area contributed by atoms with Crippen LogP contribution in [0.25, 0.3) is 0 Å². The van der Waals surface area contributed by atoms with Crippen LogP contribution in [0.2, 0.25) is 0 Å². The number of cyclic esters (lactones) is 1. The Hall–Kier alpha value is -0.860. The second-order valence-corrected chi connectivity index (χ2v) is 2.94. The van der Waals surface area contributed by atoms with Gasteiger partial charge in [-0.25, -0.2) is 0 Å². The lowest BCUT2D eigenvalue weighted by molar-refractivity contribution is -0.142. The molecule has 1 fully saturated rings. The van der Waals surface area contributed by atoms with Gasteiger partial charge in [-0.1, -0.05) is 20.3 Å². The van der Waals surface area contributed by atoms with Gasteiger partial charge in [-0.05, 0) is 5.92 Å². The first-order valence-electron chi connectivity index (χ1n) is 3.86. The van der Waals surface area contributed by atoms with Crippen LogP contribution in [-0.4, -0.2) is 18.4 Å². The summed E-state index contributed by atoms with van der Waals surface area (Å²) in [5, 5.41) is 0. The minimum atomic E-state index is -0.486. The average molecular weight is 156 g/mol. The van der Waals surface area contributed by atoms with Crippen LogP contribution in [0.1, 0.15) is 20.3 Å². The molecule has 1 rings (SSSR count). The number of carbonyl (C=O) groups excluding carboxylic acids is 2. The third kappa shape index (κ3) is 1.42. The molecule has 62 valence electrons. The Morgan fingerprint density at radius 2 is 2.27 bits per heavy atom. The molecule has 11 heavy (non-hydrogen) atoms. The molecule has 1 heterocycles. The molecular formula is C8H12O3. The van der Waals surface area contributed by atoms with Gasteiger partial charge in [0.15, 0.2) is 12.4 Å². The van der Waals surface area contributed by atoms with Crippen molar-refractivity contribution < 1.29 is 14.3 Å². The molecule has 0 spiro atoms. The molecule has 0 aromatic heterocycles. The van der Waals surface area contributed by atoms with Crippen LogP contribution in [-0.2, 0) is 14.3 Å². The molecule has 1 aliphatic rings. The van der Waals surface area contributed by atoms with E-state index < -0.39 is 5.92 Å². The molecule has 0 amide bonds. The highest BCUT2D eigenvalue weighted by Crippen LogP contribution is 2.22. The van der Waals surface area contributed by atoms with Crippen LogP contribution in [0.15, 0.2) is 0 Å². The first kappa shape index (κ1) is 8.24. The van der Waals surface area contributed by atoms with Crippen molar-refractivity contribution in [3.05, 3.63) is 0 Å². The van der Waals surface area contributed by atoms with E-state index in [9.17, 15) is 9.59 Å². The predicted molar refractivity (Wildman–Crippen MR) is 38.9 cm³/mol. The van der Waals surface area contributed by atoms with Crippen molar-refractivity contribution in [3.8, 4) is 0 Å². The van der Waals surface area contributed by atoms with E-state index in [-0.39, 0.29) is 24.3 Å². The summed E-state index contributed by atoms with van der Waals surface area (Å²) in [6.45, 7) is 3.84. The SMILES string of the molecule is CCC(C)C1C(=O)COC1=O. The normalized spacial score (nSPS) is 26.9. The lowest BCUT2D eigenvalue weighted by atomic mass is 9.90. The maximum atomic E-state index is 11.0. The number of rotatable bonds is 2. The molecule has 0 aliphatic carbocycles. The number of carbonyl (C=O) groups is 2. The van der Waals surface area contributed by atoms with Crippen molar-refractivity contribution in [2.24, 2.45) is 11.8 Å². The lowest BCUT2D eigenvalue weighted by Crippen LogP contribution is -2.22. The van der Waals surface area contributed by atoms with E-state index in [4.69, 9.17) is 0 Å². The zero-order valence-electron chi connectivity index (χ0n) is 6.79. The molecule has 0 bridgehead atoms. The first-order chi connectivity index (χ1) is 5.16. The fourth-order valence-electron chi connectivity index (χ4n) is 1.24. The van der Waals surface area contributed by atoms with Gasteiger partial charge >= 0.3 is 5.97 Å². The quantitative estimate of drug-likeness (QED) is 0.438.